The van der Waals surface area contributed by atoms with Gasteiger partial charge in [0, 0.05) is 5.28 Å². The fourth-order valence-electron chi connectivity index (χ4n) is 0.227. The number of hydrogen-bond donors (Lipinski definition) is 0. The Morgan fingerprint density at radius 1 is 1.67 bits per heavy atom. The van der Waals surface area contributed by atoms with Gasteiger partial charge in [-0.1, -0.05) is 0 Å². The Bertz CT molecular complexity index is 112. The van der Waals surface area contributed by atoms with E-state index in [0.717, 1.165) is 0 Å². The quantitative estimate of drug-likeness (QED) is 0.418. The van der Waals surface area contributed by atoms with Gasteiger partial charge in [-0.2, -0.15) is 0 Å². The van der Waals surface area contributed by atoms with Crippen LogP contribution in [0.25, 0.3) is 0 Å². The average Bonchev–Trinajstić information content (AvgIpc) is 1.85. The Labute approximate surface area is 52.6 Å². The van der Waals surface area contributed by atoms with Crippen molar-refractivity contribution in [3.8, 4) is 0 Å². The lowest BCUT2D eigenvalue weighted by molar-refractivity contribution is 0.143. The number of ether oxygens (including phenoxy) is 1. The van der Waals surface area contributed by atoms with Crippen LogP contribution in [0.4, 0.5) is 4.79 Å². The predicted octanol–water partition coefficient (Wildman–Crippen LogP) is 1.16. The topological polar surface area (TPSA) is 60.2 Å². The van der Waals surface area contributed by atoms with Gasteiger partial charge in [0.2, 0.25) is 0 Å². The highest BCUT2D eigenvalue weighted by Gasteiger charge is 1.93. The normalized spacial score (nSPS) is 9.56. The Morgan fingerprint density at radius 3 is 2.78 bits per heavy atom. The Morgan fingerprint density at radius 2 is 2.33 bits per heavy atom. The van der Waals surface area contributed by atoms with E-state index in [0.29, 0.717) is 6.61 Å². The molecule has 0 spiro atoms. The second-order valence-corrected chi connectivity index (χ2v) is 1.06. The number of nitrogens with zero attached hydrogens (tertiary/aromatic N) is 2. The van der Waals surface area contributed by atoms with Gasteiger partial charge in [-0.05, 0) is 12.0 Å². The third-order valence-corrected chi connectivity index (χ3v) is 0.472. The first-order chi connectivity index (χ1) is 4.31. The molecule has 0 aromatic rings. The molecular weight excluding hydrogens is 124 g/mol. The molecule has 0 aromatic carbocycles. The minimum Gasteiger partial charge on any atom is -0.447 e. The van der Waals surface area contributed by atoms with Crippen LogP contribution in [0.1, 0.15) is 6.92 Å². The van der Waals surface area contributed by atoms with Crippen molar-refractivity contribution in [2.24, 2.45) is 10.4 Å². The number of hydrogen-bond acceptors (Lipinski definition) is 4. The summed E-state index contributed by atoms with van der Waals surface area (Å²) in [5.74, 6) is 0. The summed E-state index contributed by atoms with van der Waals surface area (Å²) in [6, 6.07) is 0. The maximum absolute atomic E-state index is 10.2. The molecule has 0 aliphatic heterocycles. The molecule has 0 bridgehead atoms. The van der Waals surface area contributed by atoms with Crippen LogP contribution in [-0.2, 0) is 9.57 Å². The highest BCUT2D eigenvalue weighted by molar-refractivity contribution is 5.67. The number of carbonyl (C=O) groups excluding carboxylic acids is 1. The Hall–Kier alpha value is -1.13. The lowest BCUT2D eigenvalue weighted by Gasteiger charge is -1.90. The second-order valence-electron chi connectivity index (χ2n) is 1.06. The summed E-state index contributed by atoms with van der Waals surface area (Å²) >= 11 is 0. The van der Waals surface area contributed by atoms with Gasteiger partial charge in [0.05, 0.1) is 6.61 Å². The number of amides is 1. The summed E-state index contributed by atoms with van der Waals surface area (Å²) in [4.78, 5) is 14.4. The van der Waals surface area contributed by atoms with Crippen LogP contribution in [-0.4, -0.2) is 19.8 Å². The van der Waals surface area contributed by atoms with Gasteiger partial charge < -0.3 is 9.57 Å². The van der Waals surface area contributed by atoms with E-state index in [-0.39, 0.29) is 0 Å². The first-order valence-corrected chi connectivity index (χ1v) is 2.42. The molecule has 0 saturated carbocycles. The zero-order chi connectivity index (χ0) is 7.11. The van der Waals surface area contributed by atoms with E-state index in [2.05, 4.69) is 20.0 Å². The van der Waals surface area contributed by atoms with Crippen LogP contribution in [0, 0.1) is 0 Å². The lowest BCUT2D eigenvalue weighted by atomic mass is 10.9. The summed E-state index contributed by atoms with van der Waals surface area (Å²) in [7, 11) is 1.29. The van der Waals surface area contributed by atoms with E-state index in [4.69, 9.17) is 0 Å². The molecule has 0 N–H and O–H groups in total. The van der Waals surface area contributed by atoms with Crippen LogP contribution >= 0.6 is 0 Å². The average molecular weight is 132 g/mol. The first kappa shape index (κ1) is 7.87. The summed E-state index contributed by atoms with van der Waals surface area (Å²) in [6.07, 6.45) is -0.737. The van der Waals surface area contributed by atoms with Crippen molar-refractivity contribution < 1.29 is 14.4 Å². The van der Waals surface area contributed by atoms with Crippen molar-refractivity contribution in [3.63, 3.8) is 0 Å². The Balaban J connectivity index is 3.37. The molecule has 5 nitrogen and oxygen atoms in total. The van der Waals surface area contributed by atoms with E-state index in [1.807, 2.05) is 0 Å². The minimum absolute atomic E-state index is 0.293. The van der Waals surface area contributed by atoms with E-state index in [9.17, 15) is 4.79 Å². The molecule has 0 radical (unpaired) electrons. The monoisotopic (exact) mass is 132 g/mol. The first-order valence-electron chi connectivity index (χ1n) is 2.42. The summed E-state index contributed by atoms with van der Waals surface area (Å²) in [5.41, 5.74) is 0. The SMILES string of the molecule is CCOC(=O)/N=N/OC. The predicted molar refractivity (Wildman–Crippen MR) is 28.9 cm³/mol. The molecule has 9 heavy (non-hydrogen) atoms. The molecule has 0 heterocycles. The molecule has 0 unspecified atom stereocenters. The van der Waals surface area contributed by atoms with Crippen molar-refractivity contribution in [1.29, 1.82) is 0 Å². The van der Waals surface area contributed by atoms with Gasteiger partial charge in [-0.15, -0.1) is 0 Å². The van der Waals surface area contributed by atoms with Crippen LogP contribution in [0.15, 0.2) is 10.4 Å². The van der Waals surface area contributed by atoms with Crippen LogP contribution < -0.4 is 0 Å². The molecule has 0 aliphatic rings. The summed E-state index contributed by atoms with van der Waals surface area (Å²) < 4.78 is 4.36. The highest BCUT2D eigenvalue weighted by Crippen LogP contribution is 1.83. The van der Waals surface area contributed by atoms with Gasteiger partial charge in [-0.3, -0.25) is 0 Å². The second kappa shape index (κ2) is 5.02. The molecule has 0 saturated heterocycles. The van der Waals surface area contributed by atoms with Gasteiger partial charge in [-0.25, -0.2) is 4.79 Å². The zero-order valence-electron chi connectivity index (χ0n) is 5.33. The lowest BCUT2D eigenvalue weighted by Crippen LogP contribution is -1.95. The fraction of sp³-hybridized carbons (Fsp3) is 0.750. The zero-order valence-corrected chi connectivity index (χ0v) is 5.33. The third-order valence-electron chi connectivity index (χ3n) is 0.472. The minimum atomic E-state index is -0.737. The van der Waals surface area contributed by atoms with Crippen molar-refractivity contribution >= 4 is 6.09 Å². The standard InChI is InChI=1S/C4H8N2O3/c1-3-9-4(7)5-6-8-2/h3H2,1-2H3/b6-5+. The smallest absolute Gasteiger partial charge is 0.447 e. The maximum Gasteiger partial charge on any atom is 0.455 e. The van der Waals surface area contributed by atoms with Crippen molar-refractivity contribution in [1.82, 2.24) is 0 Å². The summed E-state index contributed by atoms with van der Waals surface area (Å²) in [6.45, 7) is 1.97. The van der Waals surface area contributed by atoms with E-state index in [1.165, 1.54) is 7.11 Å². The van der Waals surface area contributed by atoms with E-state index >= 15 is 0 Å². The number of carbonyl (C=O) groups is 1. The summed E-state index contributed by atoms with van der Waals surface area (Å²) in [5, 5.41) is 5.91. The van der Waals surface area contributed by atoms with Crippen molar-refractivity contribution in [3.05, 3.63) is 0 Å². The molecular formula is C4H8N2O3. The van der Waals surface area contributed by atoms with Gasteiger partial charge in [0.15, 0.2) is 0 Å². The molecule has 0 rings (SSSR count). The van der Waals surface area contributed by atoms with Gasteiger partial charge >= 0.3 is 6.09 Å². The fourth-order valence-corrected chi connectivity index (χ4v) is 0.227. The third kappa shape index (κ3) is 4.73. The molecule has 0 aliphatic carbocycles. The molecule has 5 heteroatoms. The number of rotatable bonds is 2. The molecule has 0 aromatic heterocycles. The van der Waals surface area contributed by atoms with Crippen LogP contribution in [0.2, 0.25) is 0 Å². The van der Waals surface area contributed by atoms with Crippen molar-refractivity contribution in [2.75, 3.05) is 13.7 Å². The van der Waals surface area contributed by atoms with Gasteiger partial charge in [0.1, 0.15) is 7.11 Å². The van der Waals surface area contributed by atoms with Crippen LogP contribution in [0.5, 0.6) is 0 Å². The highest BCUT2D eigenvalue weighted by atomic mass is 16.6. The molecule has 52 valence electrons. The van der Waals surface area contributed by atoms with E-state index in [1.54, 1.807) is 6.92 Å². The van der Waals surface area contributed by atoms with E-state index < -0.39 is 6.09 Å². The maximum atomic E-state index is 10.2. The van der Waals surface area contributed by atoms with Gasteiger partial charge in [0.25, 0.3) is 0 Å². The largest absolute Gasteiger partial charge is 0.455 e. The molecule has 1 amide bonds. The molecule has 0 atom stereocenters. The van der Waals surface area contributed by atoms with Crippen LogP contribution in [0.3, 0.4) is 0 Å². The van der Waals surface area contributed by atoms with Crippen molar-refractivity contribution in [2.45, 2.75) is 6.92 Å². The Kier molecular flexibility index (Phi) is 4.39. The molecule has 0 fully saturated rings.